The lowest BCUT2D eigenvalue weighted by Gasteiger charge is -2.40. The summed E-state index contributed by atoms with van der Waals surface area (Å²) in [5.41, 5.74) is -1.72. The zero-order valence-corrected chi connectivity index (χ0v) is 9.11. The first-order chi connectivity index (χ1) is 6.87. The maximum atomic E-state index is 11.9. The number of likely N-dealkylation sites (tertiary alicyclic amines) is 1. The molecule has 5 nitrogen and oxygen atoms in total. The van der Waals surface area contributed by atoms with E-state index in [9.17, 15) is 14.7 Å². The topological polar surface area (TPSA) is 66.8 Å². The Bertz CT molecular complexity index is 342. The Morgan fingerprint density at radius 3 is 2.67 bits per heavy atom. The summed E-state index contributed by atoms with van der Waals surface area (Å²) in [4.78, 5) is 24.6. The van der Waals surface area contributed by atoms with Crippen LogP contribution in [0.4, 0.5) is 0 Å². The van der Waals surface area contributed by atoms with E-state index >= 15 is 0 Å². The third-order valence-electron chi connectivity index (χ3n) is 4.11. The van der Waals surface area contributed by atoms with Crippen LogP contribution in [0.25, 0.3) is 0 Å². The van der Waals surface area contributed by atoms with Crippen LogP contribution >= 0.6 is 0 Å². The van der Waals surface area contributed by atoms with Gasteiger partial charge in [0, 0.05) is 7.05 Å². The number of hydrogen-bond acceptors (Lipinski definition) is 4. The van der Waals surface area contributed by atoms with Crippen LogP contribution in [0.2, 0.25) is 0 Å². The molecule has 2 heterocycles. The zero-order valence-electron chi connectivity index (χ0n) is 9.11. The fraction of sp³-hybridized carbons (Fsp3) is 0.800. The van der Waals surface area contributed by atoms with Crippen LogP contribution in [0.1, 0.15) is 20.3 Å². The number of carbonyl (C=O) groups is 2. The molecular weight excluding hydrogens is 198 g/mol. The van der Waals surface area contributed by atoms with Crippen LogP contribution < -0.4 is 0 Å². The molecule has 1 N–H and O–H groups in total. The number of rotatable bonds is 1. The molecule has 0 aliphatic carbocycles. The number of amides is 1. The monoisotopic (exact) mass is 213 g/mol. The molecule has 2 rings (SSSR count). The van der Waals surface area contributed by atoms with E-state index < -0.39 is 17.1 Å². The minimum absolute atomic E-state index is 0.120. The number of fused-ring (bicyclic) bond motifs is 1. The highest BCUT2D eigenvalue weighted by Gasteiger charge is 2.68. The summed E-state index contributed by atoms with van der Waals surface area (Å²) in [6.07, 6.45) is 0.120. The van der Waals surface area contributed by atoms with Gasteiger partial charge in [0.25, 0.3) is 0 Å². The molecule has 0 aromatic heterocycles. The number of nitrogens with zero attached hydrogens (tertiary/aromatic N) is 1. The van der Waals surface area contributed by atoms with E-state index in [-0.39, 0.29) is 24.9 Å². The predicted molar refractivity (Wildman–Crippen MR) is 50.9 cm³/mol. The summed E-state index contributed by atoms with van der Waals surface area (Å²) in [6, 6.07) is 0. The number of likely N-dealkylation sites (N-methyl/N-ethyl adjacent to an activating group) is 1. The van der Waals surface area contributed by atoms with Crippen molar-refractivity contribution < 1.29 is 19.4 Å². The lowest BCUT2D eigenvalue weighted by molar-refractivity contribution is -0.159. The number of carbonyl (C=O) groups excluding carboxylic acids is 2. The summed E-state index contributed by atoms with van der Waals surface area (Å²) in [5, 5.41) is 9.43. The second-order valence-electron chi connectivity index (χ2n) is 4.67. The van der Waals surface area contributed by atoms with Crippen molar-refractivity contribution in [2.45, 2.75) is 31.4 Å². The van der Waals surface area contributed by atoms with Gasteiger partial charge in [0.2, 0.25) is 5.91 Å². The highest BCUT2D eigenvalue weighted by Crippen LogP contribution is 2.49. The second-order valence-corrected chi connectivity index (χ2v) is 4.67. The van der Waals surface area contributed by atoms with E-state index in [1.54, 1.807) is 20.9 Å². The molecule has 0 saturated carbocycles. The summed E-state index contributed by atoms with van der Waals surface area (Å²) in [7, 11) is 1.63. The molecule has 2 aliphatic rings. The maximum absolute atomic E-state index is 11.9. The van der Waals surface area contributed by atoms with Crippen LogP contribution in [-0.4, -0.2) is 46.7 Å². The van der Waals surface area contributed by atoms with E-state index in [0.717, 1.165) is 0 Å². The molecule has 0 radical (unpaired) electrons. The van der Waals surface area contributed by atoms with Gasteiger partial charge in [-0.05, 0) is 13.8 Å². The molecular formula is C10H15NO4. The smallest absolute Gasteiger partial charge is 0.307 e. The van der Waals surface area contributed by atoms with Crippen LogP contribution in [-0.2, 0) is 14.3 Å². The van der Waals surface area contributed by atoms with Crippen molar-refractivity contribution >= 4 is 11.9 Å². The molecule has 0 aromatic carbocycles. The first-order valence-corrected chi connectivity index (χ1v) is 4.97. The van der Waals surface area contributed by atoms with Crippen molar-refractivity contribution in [2.75, 3.05) is 13.7 Å². The van der Waals surface area contributed by atoms with Crippen molar-refractivity contribution in [3.63, 3.8) is 0 Å². The summed E-state index contributed by atoms with van der Waals surface area (Å²) in [5.74, 6) is -0.935. The molecule has 0 spiro atoms. The Balaban J connectivity index is 2.50. The normalized spacial score (nSPS) is 44.5. The van der Waals surface area contributed by atoms with Gasteiger partial charge in [0.15, 0.2) is 0 Å². The van der Waals surface area contributed by atoms with Gasteiger partial charge in [-0.2, -0.15) is 0 Å². The molecule has 2 saturated heterocycles. The molecule has 2 aliphatic heterocycles. The Hall–Kier alpha value is -1.10. The lowest BCUT2D eigenvalue weighted by atomic mass is 9.78. The average molecular weight is 213 g/mol. The fourth-order valence-corrected chi connectivity index (χ4v) is 2.59. The Morgan fingerprint density at radius 1 is 1.53 bits per heavy atom. The number of aliphatic hydroxyl groups excluding tert-OH is 1. The second kappa shape index (κ2) is 2.72. The van der Waals surface area contributed by atoms with Crippen molar-refractivity contribution in [3.8, 4) is 0 Å². The van der Waals surface area contributed by atoms with Gasteiger partial charge < -0.3 is 14.7 Å². The molecule has 15 heavy (non-hydrogen) atoms. The first-order valence-electron chi connectivity index (χ1n) is 4.97. The van der Waals surface area contributed by atoms with E-state index in [2.05, 4.69) is 0 Å². The standard InChI is InChI=1S/C10H15NO4/c1-9(5-12)10(2)6(4-7(13)15-10)8(14)11(9)3/h6,12H,4-5H2,1-3H3. The number of esters is 1. The van der Waals surface area contributed by atoms with Crippen molar-refractivity contribution in [2.24, 2.45) is 5.92 Å². The molecule has 5 heteroatoms. The number of ether oxygens (including phenoxy) is 1. The largest absolute Gasteiger partial charge is 0.456 e. The zero-order chi connectivity index (χ0) is 11.4. The Kier molecular flexibility index (Phi) is 1.89. The Labute approximate surface area is 88.0 Å². The third kappa shape index (κ3) is 0.963. The predicted octanol–water partition coefficient (Wildman–Crippen LogP) is -0.469. The molecule has 1 amide bonds. The van der Waals surface area contributed by atoms with E-state index in [1.807, 2.05) is 0 Å². The van der Waals surface area contributed by atoms with Crippen LogP contribution in [0.5, 0.6) is 0 Å². The number of hydrogen-bond donors (Lipinski definition) is 1. The summed E-state index contributed by atoms with van der Waals surface area (Å²) in [6.45, 7) is 3.25. The van der Waals surface area contributed by atoms with Gasteiger partial charge in [0.1, 0.15) is 11.1 Å². The quantitative estimate of drug-likeness (QED) is 0.598. The molecule has 84 valence electrons. The van der Waals surface area contributed by atoms with E-state index in [1.165, 1.54) is 4.90 Å². The minimum atomic E-state index is -0.898. The molecule has 3 unspecified atom stereocenters. The molecule has 0 aromatic rings. The Morgan fingerprint density at radius 2 is 2.13 bits per heavy atom. The third-order valence-corrected chi connectivity index (χ3v) is 4.11. The summed E-state index contributed by atoms with van der Waals surface area (Å²) >= 11 is 0. The summed E-state index contributed by atoms with van der Waals surface area (Å²) < 4.78 is 5.26. The van der Waals surface area contributed by atoms with Crippen molar-refractivity contribution in [3.05, 3.63) is 0 Å². The highest BCUT2D eigenvalue weighted by molar-refractivity contribution is 5.91. The van der Waals surface area contributed by atoms with Gasteiger partial charge in [-0.15, -0.1) is 0 Å². The molecule has 0 bridgehead atoms. The van der Waals surface area contributed by atoms with Gasteiger partial charge in [-0.3, -0.25) is 9.59 Å². The average Bonchev–Trinajstić information content (AvgIpc) is 2.56. The van der Waals surface area contributed by atoms with Crippen LogP contribution in [0.15, 0.2) is 0 Å². The van der Waals surface area contributed by atoms with Gasteiger partial charge in [-0.1, -0.05) is 0 Å². The first kappa shape index (κ1) is 10.4. The fourth-order valence-electron chi connectivity index (χ4n) is 2.59. The van der Waals surface area contributed by atoms with E-state index in [0.29, 0.717) is 0 Å². The number of aliphatic hydroxyl groups is 1. The van der Waals surface area contributed by atoms with Gasteiger partial charge in [-0.25, -0.2) is 0 Å². The molecule has 2 fully saturated rings. The van der Waals surface area contributed by atoms with Gasteiger partial charge in [0.05, 0.1) is 18.9 Å². The highest BCUT2D eigenvalue weighted by atomic mass is 16.6. The van der Waals surface area contributed by atoms with E-state index in [4.69, 9.17) is 4.74 Å². The van der Waals surface area contributed by atoms with Crippen molar-refractivity contribution in [1.82, 2.24) is 4.90 Å². The maximum Gasteiger partial charge on any atom is 0.307 e. The minimum Gasteiger partial charge on any atom is -0.456 e. The van der Waals surface area contributed by atoms with Gasteiger partial charge >= 0.3 is 5.97 Å². The van der Waals surface area contributed by atoms with Crippen LogP contribution in [0.3, 0.4) is 0 Å². The van der Waals surface area contributed by atoms with Crippen molar-refractivity contribution in [1.29, 1.82) is 0 Å². The SMILES string of the molecule is CN1C(=O)C2CC(=O)OC2(C)C1(C)CO. The molecule has 3 atom stereocenters. The van der Waals surface area contributed by atoms with Crippen LogP contribution in [0, 0.1) is 5.92 Å². The lowest BCUT2D eigenvalue weighted by Crippen LogP contribution is -2.57.